The van der Waals surface area contributed by atoms with Gasteiger partial charge in [-0.2, -0.15) is 0 Å². The summed E-state index contributed by atoms with van der Waals surface area (Å²) < 4.78 is 15.8. The van der Waals surface area contributed by atoms with Crippen LogP contribution in [0.5, 0.6) is 0 Å². The molecule has 0 radical (unpaired) electrons. The van der Waals surface area contributed by atoms with E-state index in [0.29, 0.717) is 19.1 Å². The highest BCUT2D eigenvalue weighted by Crippen LogP contribution is 2.32. The summed E-state index contributed by atoms with van der Waals surface area (Å²) in [5, 5.41) is 0. The molecular formula is C25H29FN4O. The molecule has 1 saturated carbocycles. The highest BCUT2D eigenvalue weighted by molar-refractivity contribution is 5.79. The Balaban J connectivity index is 1.30. The third-order valence-electron chi connectivity index (χ3n) is 6.89. The molecule has 0 unspecified atom stereocenters. The third-order valence-corrected chi connectivity index (χ3v) is 6.89. The molecule has 162 valence electrons. The number of benzene rings is 1. The van der Waals surface area contributed by atoms with Crippen LogP contribution in [0.15, 0.2) is 42.6 Å². The van der Waals surface area contributed by atoms with E-state index >= 15 is 0 Å². The monoisotopic (exact) mass is 420 g/mol. The van der Waals surface area contributed by atoms with Crippen LogP contribution in [-0.2, 0) is 17.6 Å². The molecule has 1 amide bonds. The predicted molar refractivity (Wildman–Crippen MR) is 118 cm³/mol. The van der Waals surface area contributed by atoms with E-state index in [1.165, 1.54) is 37.8 Å². The molecule has 1 saturated heterocycles. The predicted octanol–water partition coefficient (Wildman–Crippen LogP) is 4.71. The molecule has 2 aliphatic rings. The number of nitrogens with zero attached hydrogens (tertiary/aromatic N) is 4. The zero-order valence-corrected chi connectivity index (χ0v) is 17.8. The molecule has 0 atom stereocenters. The zero-order chi connectivity index (χ0) is 21.2. The molecule has 5 rings (SSSR count). The Hall–Kier alpha value is -2.76. The number of piperidine rings is 1. The summed E-state index contributed by atoms with van der Waals surface area (Å²) in [7, 11) is 0. The lowest BCUT2D eigenvalue weighted by Crippen LogP contribution is -2.40. The molecule has 2 aromatic heterocycles. The van der Waals surface area contributed by atoms with Gasteiger partial charge in [-0.05, 0) is 48.6 Å². The number of rotatable bonds is 5. The van der Waals surface area contributed by atoms with E-state index in [4.69, 9.17) is 4.98 Å². The summed E-state index contributed by atoms with van der Waals surface area (Å²) in [6.45, 7) is 1.43. The van der Waals surface area contributed by atoms with E-state index in [1.807, 2.05) is 23.2 Å². The lowest BCUT2D eigenvalue weighted by Gasteiger charge is -2.33. The Labute approximate surface area is 182 Å². The Kier molecular flexibility index (Phi) is 5.70. The minimum Gasteiger partial charge on any atom is -0.342 e. The second-order valence-corrected chi connectivity index (χ2v) is 9.02. The lowest BCUT2D eigenvalue weighted by atomic mass is 10.0. The van der Waals surface area contributed by atoms with Crippen LogP contribution < -0.4 is 0 Å². The third kappa shape index (κ3) is 4.34. The highest BCUT2D eigenvalue weighted by atomic mass is 19.1. The largest absolute Gasteiger partial charge is 0.342 e. The van der Waals surface area contributed by atoms with Gasteiger partial charge in [0.1, 0.15) is 17.2 Å². The maximum atomic E-state index is 13.4. The number of fused-ring (bicyclic) bond motifs is 1. The number of aromatic nitrogens is 3. The Morgan fingerprint density at radius 3 is 2.65 bits per heavy atom. The van der Waals surface area contributed by atoms with Crippen LogP contribution in [0.4, 0.5) is 4.39 Å². The number of likely N-dealkylation sites (tertiary alicyclic amines) is 1. The van der Waals surface area contributed by atoms with E-state index < -0.39 is 0 Å². The number of carbonyl (C=O) groups is 1. The number of carbonyl (C=O) groups excluding carboxylic acids is 1. The van der Waals surface area contributed by atoms with Crippen molar-refractivity contribution in [2.75, 3.05) is 13.1 Å². The number of hydrogen-bond acceptors (Lipinski definition) is 3. The molecule has 0 N–H and O–H groups in total. The molecule has 1 aliphatic heterocycles. The van der Waals surface area contributed by atoms with Crippen LogP contribution in [0.3, 0.4) is 0 Å². The minimum atomic E-state index is -0.293. The van der Waals surface area contributed by atoms with Gasteiger partial charge in [-0.25, -0.2) is 14.4 Å². The first-order chi connectivity index (χ1) is 15.2. The second kappa shape index (κ2) is 8.77. The summed E-state index contributed by atoms with van der Waals surface area (Å²) in [4.78, 5) is 24.3. The van der Waals surface area contributed by atoms with Gasteiger partial charge >= 0.3 is 0 Å². The second-order valence-electron chi connectivity index (χ2n) is 9.02. The number of halogens is 1. The summed E-state index contributed by atoms with van der Waals surface area (Å²) in [5.74, 6) is 1.66. The van der Waals surface area contributed by atoms with Crippen molar-refractivity contribution in [1.29, 1.82) is 0 Å². The average Bonchev–Trinajstić information content (AvgIpc) is 3.41. The van der Waals surface area contributed by atoms with Crippen molar-refractivity contribution in [3.05, 3.63) is 59.8 Å². The minimum absolute atomic E-state index is 0.0730. The van der Waals surface area contributed by atoms with Gasteiger partial charge in [0, 0.05) is 31.7 Å². The topological polar surface area (TPSA) is 51.0 Å². The SMILES string of the molecule is O=C(Cc1cccc(F)c1)N1CCC(n2c(CC3CCCC3)nc3cccnc32)CC1. The van der Waals surface area contributed by atoms with Crippen molar-refractivity contribution in [1.82, 2.24) is 19.4 Å². The Morgan fingerprint density at radius 1 is 1.06 bits per heavy atom. The van der Waals surface area contributed by atoms with Crippen molar-refractivity contribution in [2.45, 2.75) is 57.4 Å². The first-order valence-electron chi connectivity index (χ1n) is 11.5. The number of imidazole rings is 1. The molecule has 3 heterocycles. The van der Waals surface area contributed by atoms with E-state index in [9.17, 15) is 9.18 Å². The quantitative estimate of drug-likeness (QED) is 0.601. The fraction of sp³-hybridized carbons (Fsp3) is 0.480. The molecular weight excluding hydrogens is 391 g/mol. The van der Waals surface area contributed by atoms with Crippen LogP contribution in [-0.4, -0.2) is 38.4 Å². The molecule has 3 aromatic rings. The van der Waals surface area contributed by atoms with E-state index in [2.05, 4.69) is 15.6 Å². The average molecular weight is 421 g/mol. The molecule has 5 nitrogen and oxygen atoms in total. The molecule has 1 aromatic carbocycles. The van der Waals surface area contributed by atoms with Crippen molar-refractivity contribution in [3.63, 3.8) is 0 Å². The zero-order valence-electron chi connectivity index (χ0n) is 17.8. The Bertz CT molecular complexity index is 1060. The maximum absolute atomic E-state index is 13.4. The van der Waals surface area contributed by atoms with Crippen LogP contribution in [0.2, 0.25) is 0 Å². The molecule has 0 spiro atoms. The van der Waals surface area contributed by atoms with Crippen LogP contribution in [0.1, 0.15) is 56.0 Å². The number of amides is 1. The van der Waals surface area contributed by atoms with Crippen molar-refractivity contribution in [3.8, 4) is 0 Å². The Morgan fingerprint density at radius 2 is 1.87 bits per heavy atom. The van der Waals surface area contributed by atoms with Crippen molar-refractivity contribution < 1.29 is 9.18 Å². The smallest absolute Gasteiger partial charge is 0.226 e. The van der Waals surface area contributed by atoms with Crippen LogP contribution in [0, 0.1) is 11.7 Å². The highest BCUT2D eigenvalue weighted by Gasteiger charge is 2.28. The van der Waals surface area contributed by atoms with E-state index in [0.717, 1.165) is 47.7 Å². The summed E-state index contributed by atoms with van der Waals surface area (Å²) in [6, 6.07) is 10.6. The van der Waals surface area contributed by atoms with Gasteiger partial charge in [0.15, 0.2) is 5.65 Å². The van der Waals surface area contributed by atoms with Crippen LogP contribution >= 0.6 is 0 Å². The van der Waals surface area contributed by atoms with E-state index in [1.54, 1.807) is 6.07 Å². The maximum Gasteiger partial charge on any atom is 0.226 e. The summed E-state index contributed by atoms with van der Waals surface area (Å²) in [6.07, 6.45) is 10.2. The first kappa shape index (κ1) is 20.2. The summed E-state index contributed by atoms with van der Waals surface area (Å²) >= 11 is 0. The van der Waals surface area contributed by atoms with Gasteiger partial charge in [-0.3, -0.25) is 4.79 Å². The normalized spacial score (nSPS) is 18.2. The molecule has 6 heteroatoms. The number of pyridine rings is 1. The number of hydrogen-bond donors (Lipinski definition) is 0. The summed E-state index contributed by atoms with van der Waals surface area (Å²) in [5.41, 5.74) is 2.68. The fourth-order valence-electron chi connectivity index (χ4n) is 5.28. The molecule has 1 aliphatic carbocycles. The fourth-order valence-corrected chi connectivity index (χ4v) is 5.28. The van der Waals surface area contributed by atoms with Gasteiger partial charge in [-0.15, -0.1) is 0 Å². The van der Waals surface area contributed by atoms with Gasteiger partial charge in [-0.1, -0.05) is 37.8 Å². The standard InChI is InChI=1S/C25H29FN4O/c26-20-8-3-7-19(15-20)17-24(31)29-13-10-21(11-14-29)30-23(16-18-5-1-2-6-18)28-22-9-4-12-27-25(22)30/h3-4,7-9,12,15,18,21H,1-2,5-6,10-11,13-14,16-17H2. The van der Waals surface area contributed by atoms with Crippen molar-refractivity contribution >= 4 is 17.1 Å². The lowest BCUT2D eigenvalue weighted by molar-refractivity contribution is -0.131. The van der Waals surface area contributed by atoms with E-state index in [-0.39, 0.29) is 18.1 Å². The van der Waals surface area contributed by atoms with Gasteiger partial charge in [0.25, 0.3) is 0 Å². The van der Waals surface area contributed by atoms with Crippen LogP contribution in [0.25, 0.3) is 11.2 Å². The van der Waals surface area contributed by atoms with Gasteiger partial charge in [0.2, 0.25) is 5.91 Å². The first-order valence-corrected chi connectivity index (χ1v) is 11.5. The van der Waals surface area contributed by atoms with Gasteiger partial charge < -0.3 is 9.47 Å². The van der Waals surface area contributed by atoms with Crippen molar-refractivity contribution in [2.24, 2.45) is 5.92 Å². The molecule has 0 bridgehead atoms. The van der Waals surface area contributed by atoms with Gasteiger partial charge in [0.05, 0.1) is 6.42 Å². The molecule has 2 fully saturated rings. The molecule has 31 heavy (non-hydrogen) atoms.